The van der Waals surface area contributed by atoms with Crippen molar-refractivity contribution in [2.24, 2.45) is 5.41 Å². The lowest BCUT2D eigenvalue weighted by Gasteiger charge is -2.41. The topological polar surface area (TPSA) is 37.8 Å². The van der Waals surface area contributed by atoms with Crippen molar-refractivity contribution in [1.82, 2.24) is 9.97 Å². The monoisotopic (exact) mass is 225 g/mol. The highest BCUT2D eigenvalue weighted by molar-refractivity contribution is 6.29. The number of nitrogens with zero attached hydrogens (tertiary/aromatic N) is 2. The molecule has 1 fully saturated rings. The highest BCUT2D eigenvalue weighted by Gasteiger charge is 2.34. The van der Waals surface area contributed by atoms with E-state index in [0.717, 1.165) is 12.4 Å². The van der Waals surface area contributed by atoms with Gasteiger partial charge in [-0.3, -0.25) is 0 Å². The number of nitrogens with one attached hydrogen (secondary N) is 1. The fraction of sp³-hybridized carbons (Fsp3) is 0.636. The SMILES string of the molecule is CCC1(CNc2cc(Cl)ncn2)CCC1. The third-order valence-corrected chi connectivity index (χ3v) is 3.65. The van der Waals surface area contributed by atoms with Gasteiger partial charge >= 0.3 is 0 Å². The summed E-state index contributed by atoms with van der Waals surface area (Å²) in [5.74, 6) is 0.828. The van der Waals surface area contributed by atoms with Gasteiger partial charge in [0.2, 0.25) is 0 Å². The Bertz CT molecular complexity index is 331. The summed E-state index contributed by atoms with van der Waals surface area (Å²) in [6, 6.07) is 1.77. The van der Waals surface area contributed by atoms with Crippen LogP contribution in [0.3, 0.4) is 0 Å². The molecule has 1 N–H and O–H groups in total. The van der Waals surface area contributed by atoms with E-state index in [0.29, 0.717) is 10.6 Å². The van der Waals surface area contributed by atoms with Crippen LogP contribution in [-0.4, -0.2) is 16.5 Å². The first-order chi connectivity index (χ1) is 7.24. The predicted molar refractivity (Wildman–Crippen MR) is 62.1 cm³/mol. The molecular weight excluding hydrogens is 210 g/mol. The Morgan fingerprint density at radius 1 is 1.47 bits per heavy atom. The highest BCUT2D eigenvalue weighted by Crippen LogP contribution is 2.43. The lowest BCUT2D eigenvalue weighted by atomic mass is 9.67. The standard InChI is InChI=1S/C11H16ClN3/c1-2-11(4-3-5-11)7-13-10-6-9(12)14-8-15-10/h6,8H,2-5,7H2,1H3,(H,13,14,15). The van der Waals surface area contributed by atoms with Crippen LogP contribution in [0, 0.1) is 5.41 Å². The van der Waals surface area contributed by atoms with Gasteiger partial charge < -0.3 is 5.32 Å². The van der Waals surface area contributed by atoms with Crippen molar-refractivity contribution in [2.75, 3.05) is 11.9 Å². The van der Waals surface area contributed by atoms with E-state index in [1.807, 2.05) is 0 Å². The largest absolute Gasteiger partial charge is 0.369 e. The average molecular weight is 226 g/mol. The lowest BCUT2D eigenvalue weighted by molar-refractivity contribution is 0.145. The molecule has 15 heavy (non-hydrogen) atoms. The second-order valence-electron chi connectivity index (χ2n) is 4.29. The Morgan fingerprint density at radius 3 is 2.80 bits per heavy atom. The van der Waals surface area contributed by atoms with E-state index in [-0.39, 0.29) is 0 Å². The zero-order valence-electron chi connectivity index (χ0n) is 8.96. The predicted octanol–water partition coefficient (Wildman–Crippen LogP) is 3.12. The molecule has 4 heteroatoms. The van der Waals surface area contributed by atoms with Crippen molar-refractivity contribution in [2.45, 2.75) is 32.6 Å². The van der Waals surface area contributed by atoms with Crippen LogP contribution in [-0.2, 0) is 0 Å². The molecule has 0 spiro atoms. The summed E-state index contributed by atoms with van der Waals surface area (Å²) in [5.41, 5.74) is 0.497. The van der Waals surface area contributed by atoms with Crippen LogP contribution in [0.4, 0.5) is 5.82 Å². The molecule has 1 saturated carbocycles. The van der Waals surface area contributed by atoms with Gasteiger partial charge in [0, 0.05) is 12.6 Å². The molecule has 0 aliphatic heterocycles. The molecule has 1 aliphatic rings. The molecule has 3 nitrogen and oxygen atoms in total. The molecule has 0 unspecified atom stereocenters. The molecule has 1 aromatic heterocycles. The molecule has 0 amide bonds. The van der Waals surface area contributed by atoms with Gasteiger partial charge in [-0.15, -0.1) is 0 Å². The van der Waals surface area contributed by atoms with E-state index in [1.54, 1.807) is 6.07 Å². The molecule has 0 saturated heterocycles. The summed E-state index contributed by atoms with van der Waals surface area (Å²) >= 11 is 5.79. The van der Waals surface area contributed by atoms with Crippen LogP contribution in [0.25, 0.3) is 0 Å². The van der Waals surface area contributed by atoms with Crippen molar-refractivity contribution in [3.8, 4) is 0 Å². The number of aromatic nitrogens is 2. The summed E-state index contributed by atoms with van der Waals surface area (Å²) in [4.78, 5) is 7.98. The van der Waals surface area contributed by atoms with Gasteiger partial charge in [-0.05, 0) is 24.7 Å². The highest BCUT2D eigenvalue weighted by atomic mass is 35.5. The summed E-state index contributed by atoms with van der Waals surface area (Å²) < 4.78 is 0. The number of hydrogen-bond donors (Lipinski definition) is 1. The zero-order chi connectivity index (χ0) is 10.7. The summed E-state index contributed by atoms with van der Waals surface area (Å²) in [5, 5.41) is 3.84. The molecule has 0 bridgehead atoms. The zero-order valence-corrected chi connectivity index (χ0v) is 9.72. The molecule has 0 radical (unpaired) electrons. The maximum Gasteiger partial charge on any atom is 0.134 e. The molecule has 0 atom stereocenters. The second kappa shape index (κ2) is 4.35. The lowest BCUT2D eigenvalue weighted by Crippen LogP contribution is -2.36. The first-order valence-corrected chi connectivity index (χ1v) is 5.83. The van der Waals surface area contributed by atoms with Crippen molar-refractivity contribution in [3.63, 3.8) is 0 Å². The van der Waals surface area contributed by atoms with Gasteiger partial charge in [0.15, 0.2) is 0 Å². The Morgan fingerprint density at radius 2 is 2.27 bits per heavy atom. The molecule has 2 rings (SSSR count). The summed E-state index contributed by atoms with van der Waals surface area (Å²) in [7, 11) is 0. The minimum Gasteiger partial charge on any atom is -0.369 e. The van der Waals surface area contributed by atoms with Crippen LogP contribution in [0.15, 0.2) is 12.4 Å². The maximum absolute atomic E-state index is 5.79. The van der Waals surface area contributed by atoms with E-state index in [2.05, 4.69) is 22.2 Å². The third-order valence-electron chi connectivity index (χ3n) is 3.44. The fourth-order valence-corrected chi connectivity index (χ4v) is 2.19. The Labute approximate surface area is 95.3 Å². The quantitative estimate of drug-likeness (QED) is 0.801. The molecule has 82 valence electrons. The van der Waals surface area contributed by atoms with Crippen LogP contribution >= 0.6 is 11.6 Å². The van der Waals surface area contributed by atoms with Gasteiger partial charge in [0.05, 0.1) is 0 Å². The Balaban J connectivity index is 1.92. The van der Waals surface area contributed by atoms with Crippen LogP contribution < -0.4 is 5.32 Å². The van der Waals surface area contributed by atoms with Crippen molar-refractivity contribution in [3.05, 3.63) is 17.5 Å². The van der Waals surface area contributed by atoms with Crippen molar-refractivity contribution >= 4 is 17.4 Å². The van der Waals surface area contributed by atoms with E-state index in [4.69, 9.17) is 11.6 Å². The van der Waals surface area contributed by atoms with E-state index >= 15 is 0 Å². The first-order valence-electron chi connectivity index (χ1n) is 5.45. The first kappa shape index (κ1) is 10.7. The van der Waals surface area contributed by atoms with Gasteiger partial charge in [-0.2, -0.15) is 0 Å². The number of halogens is 1. The Kier molecular flexibility index (Phi) is 3.10. The van der Waals surface area contributed by atoms with E-state index in [1.165, 1.54) is 32.0 Å². The molecule has 1 heterocycles. The fourth-order valence-electron chi connectivity index (χ4n) is 2.04. The smallest absolute Gasteiger partial charge is 0.134 e. The van der Waals surface area contributed by atoms with Gasteiger partial charge in [0.25, 0.3) is 0 Å². The number of hydrogen-bond acceptors (Lipinski definition) is 3. The third kappa shape index (κ3) is 2.40. The summed E-state index contributed by atoms with van der Waals surface area (Å²) in [6.07, 6.45) is 6.74. The normalized spacial score (nSPS) is 18.3. The van der Waals surface area contributed by atoms with Gasteiger partial charge in [-0.25, -0.2) is 9.97 Å². The number of anilines is 1. The van der Waals surface area contributed by atoms with Crippen LogP contribution in [0.2, 0.25) is 5.15 Å². The van der Waals surface area contributed by atoms with Crippen molar-refractivity contribution in [1.29, 1.82) is 0 Å². The average Bonchev–Trinajstić information content (AvgIpc) is 2.17. The minimum absolute atomic E-state index is 0.492. The van der Waals surface area contributed by atoms with E-state index in [9.17, 15) is 0 Å². The Hall–Kier alpha value is -0.830. The molecular formula is C11H16ClN3. The maximum atomic E-state index is 5.79. The summed E-state index contributed by atoms with van der Waals surface area (Å²) in [6.45, 7) is 3.25. The molecule has 1 aromatic rings. The van der Waals surface area contributed by atoms with E-state index < -0.39 is 0 Å². The van der Waals surface area contributed by atoms with Gasteiger partial charge in [-0.1, -0.05) is 24.9 Å². The van der Waals surface area contributed by atoms with Crippen LogP contribution in [0.5, 0.6) is 0 Å². The molecule has 1 aliphatic carbocycles. The minimum atomic E-state index is 0.492. The molecule has 0 aromatic carbocycles. The second-order valence-corrected chi connectivity index (χ2v) is 4.67. The van der Waals surface area contributed by atoms with Crippen LogP contribution in [0.1, 0.15) is 32.6 Å². The van der Waals surface area contributed by atoms with Gasteiger partial charge in [0.1, 0.15) is 17.3 Å². The number of rotatable bonds is 4. The van der Waals surface area contributed by atoms with Crippen molar-refractivity contribution < 1.29 is 0 Å².